The number of hydrogen-bond acceptors (Lipinski definition) is 4. The van der Waals surface area contributed by atoms with E-state index in [0.29, 0.717) is 25.3 Å². The molecule has 0 aromatic heterocycles. The van der Waals surface area contributed by atoms with E-state index < -0.39 is 16.1 Å². The number of sulfonamides is 1. The molecule has 2 rings (SSSR count). The summed E-state index contributed by atoms with van der Waals surface area (Å²) in [6.07, 6.45) is 4.42. The normalized spacial score (nSPS) is 15.0. The molecule has 0 saturated heterocycles. The molecule has 1 aliphatic rings. The van der Waals surface area contributed by atoms with Crippen LogP contribution in [0.4, 0.5) is 0 Å². The van der Waals surface area contributed by atoms with Crippen LogP contribution in [0.5, 0.6) is 5.75 Å². The zero-order chi connectivity index (χ0) is 16.9. The van der Waals surface area contributed by atoms with Crippen molar-refractivity contribution < 1.29 is 17.9 Å². The van der Waals surface area contributed by atoms with Gasteiger partial charge in [0, 0.05) is 13.1 Å². The first-order chi connectivity index (χ1) is 10.8. The fraction of sp³-hybridized carbons (Fsp3) is 0.562. The molecule has 0 saturated carbocycles. The van der Waals surface area contributed by atoms with E-state index in [1.807, 2.05) is 12.1 Å². The van der Waals surface area contributed by atoms with Crippen LogP contribution in [0.3, 0.4) is 0 Å². The maximum atomic E-state index is 12.0. The van der Waals surface area contributed by atoms with Gasteiger partial charge in [0.25, 0.3) is 5.91 Å². The standard InChI is InChI=1S/C16H24N2O4S/c1-12(16(19)17-9-4-10-18-23(2,20)21)22-15-8-7-13-5-3-6-14(13)11-15/h7-8,11-12,18H,3-6,9-10H2,1-2H3,(H,17,19)/t12-/m0/s1. The first-order valence-corrected chi connectivity index (χ1v) is 9.75. The molecule has 0 fully saturated rings. The smallest absolute Gasteiger partial charge is 0.260 e. The van der Waals surface area contributed by atoms with Crippen LogP contribution in [0.25, 0.3) is 0 Å². The summed E-state index contributed by atoms with van der Waals surface area (Å²) in [5, 5.41) is 2.74. The first kappa shape index (κ1) is 17.7. The van der Waals surface area contributed by atoms with Gasteiger partial charge in [0.1, 0.15) is 5.75 Å². The molecule has 1 amide bonds. The summed E-state index contributed by atoms with van der Waals surface area (Å²) in [7, 11) is -3.17. The lowest BCUT2D eigenvalue weighted by molar-refractivity contribution is -0.127. The highest BCUT2D eigenvalue weighted by Crippen LogP contribution is 2.26. The van der Waals surface area contributed by atoms with Gasteiger partial charge in [0.05, 0.1) is 6.26 Å². The Labute approximate surface area is 137 Å². The molecule has 6 nitrogen and oxygen atoms in total. The molecule has 2 N–H and O–H groups in total. The number of carbonyl (C=O) groups is 1. The average Bonchev–Trinajstić information content (AvgIpc) is 2.93. The highest BCUT2D eigenvalue weighted by atomic mass is 32.2. The Bertz CT molecular complexity index is 658. The number of amides is 1. The number of fused-ring (bicyclic) bond motifs is 1. The predicted molar refractivity (Wildman–Crippen MR) is 89.0 cm³/mol. The van der Waals surface area contributed by atoms with Crippen LogP contribution >= 0.6 is 0 Å². The van der Waals surface area contributed by atoms with Crippen LogP contribution < -0.4 is 14.8 Å². The van der Waals surface area contributed by atoms with E-state index >= 15 is 0 Å². The number of nitrogens with one attached hydrogen (secondary N) is 2. The second kappa shape index (κ2) is 7.79. The van der Waals surface area contributed by atoms with Gasteiger partial charge >= 0.3 is 0 Å². The number of ether oxygens (including phenoxy) is 1. The van der Waals surface area contributed by atoms with Gasteiger partial charge in [-0.05, 0) is 55.9 Å². The van der Waals surface area contributed by atoms with Gasteiger partial charge in [-0.25, -0.2) is 13.1 Å². The predicted octanol–water partition coefficient (Wildman–Crippen LogP) is 0.998. The fourth-order valence-corrected chi connectivity index (χ4v) is 3.10. The second-order valence-electron chi connectivity index (χ2n) is 5.86. The first-order valence-electron chi connectivity index (χ1n) is 7.86. The van der Waals surface area contributed by atoms with Crippen molar-refractivity contribution in [3.05, 3.63) is 29.3 Å². The van der Waals surface area contributed by atoms with Crippen molar-refractivity contribution in [1.29, 1.82) is 0 Å². The molecule has 7 heteroatoms. The van der Waals surface area contributed by atoms with Gasteiger partial charge in [-0.2, -0.15) is 0 Å². The zero-order valence-corrected chi connectivity index (χ0v) is 14.4. The summed E-state index contributed by atoms with van der Waals surface area (Å²) >= 11 is 0. The van der Waals surface area contributed by atoms with Crippen LogP contribution in [-0.2, 0) is 27.7 Å². The van der Waals surface area contributed by atoms with Crippen LogP contribution in [0.1, 0.15) is 30.9 Å². The third-order valence-electron chi connectivity index (χ3n) is 3.77. The lowest BCUT2D eigenvalue weighted by atomic mass is 10.1. The molecule has 1 atom stereocenters. The molecule has 0 heterocycles. The number of benzene rings is 1. The number of rotatable bonds is 8. The van der Waals surface area contributed by atoms with Gasteiger partial charge in [0.15, 0.2) is 6.10 Å². The number of hydrogen-bond donors (Lipinski definition) is 2. The Morgan fingerprint density at radius 1 is 1.26 bits per heavy atom. The van der Waals surface area contributed by atoms with Crippen molar-refractivity contribution in [1.82, 2.24) is 10.0 Å². The van der Waals surface area contributed by atoms with Gasteiger partial charge in [-0.1, -0.05) is 6.07 Å². The van der Waals surface area contributed by atoms with Crippen LogP contribution in [0.2, 0.25) is 0 Å². The summed E-state index contributed by atoms with van der Waals surface area (Å²) in [5.41, 5.74) is 2.68. The Balaban J connectivity index is 1.72. The third-order valence-corrected chi connectivity index (χ3v) is 4.50. The van der Waals surface area contributed by atoms with E-state index in [0.717, 1.165) is 19.1 Å². The maximum absolute atomic E-state index is 12.0. The summed E-state index contributed by atoms with van der Waals surface area (Å²) < 4.78 is 29.9. The molecule has 1 aromatic carbocycles. The summed E-state index contributed by atoms with van der Waals surface area (Å²) in [6.45, 7) is 2.41. The van der Waals surface area contributed by atoms with Gasteiger partial charge in [-0.15, -0.1) is 0 Å². The van der Waals surface area contributed by atoms with E-state index in [1.165, 1.54) is 17.5 Å². The fourth-order valence-electron chi connectivity index (χ4n) is 2.58. The zero-order valence-electron chi connectivity index (χ0n) is 13.6. The second-order valence-corrected chi connectivity index (χ2v) is 7.69. The van der Waals surface area contributed by atoms with Crippen LogP contribution in [0.15, 0.2) is 18.2 Å². The molecule has 0 radical (unpaired) electrons. The molecule has 0 spiro atoms. The minimum absolute atomic E-state index is 0.204. The van der Waals surface area contributed by atoms with Crippen molar-refractivity contribution >= 4 is 15.9 Å². The molecular formula is C16H24N2O4S. The lowest BCUT2D eigenvalue weighted by Crippen LogP contribution is -2.37. The van der Waals surface area contributed by atoms with Gasteiger partial charge < -0.3 is 10.1 Å². The van der Waals surface area contributed by atoms with E-state index in [2.05, 4.69) is 16.1 Å². The molecule has 0 aliphatic heterocycles. The molecule has 0 unspecified atom stereocenters. The SMILES string of the molecule is C[C@H](Oc1ccc2c(c1)CCC2)C(=O)NCCCNS(C)(=O)=O. The average molecular weight is 340 g/mol. The summed E-state index contributed by atoms with van der Waals surface area (Å²) in [4.78, 5) is 12.0. The van der Waals surface area contributed by atoms with E-state index in [-0.39, 0.29) is 5.91 Å². The minimum atomic E-state index is -3.17. The molecule has 1 aromatic rings. The Kier molecular flexibility index (Phi) is 6.01. The van der Waals surface area contributed by atoms with E-state index in [9.17, 15) is 13.2 Å². The molecule has 1 aliphatic carbocycles. The molecular weight excluding hydrogens is 316 g/mol. The van der Waals surface area contributed by atoms with Gasteiger partial charge in [0.2, 0.25) is 10.0 Å². The minimum Gasteiger partial charge on any atom is -0.481 e. The maximum Gasteiger partial charge on any atom is 0.260 e. The quantitative estimate of drug-likeness (QED) is 0.692. The molecule has 0 bridgehead atoms. The van der Waals surface area contributed by atoms with Crippen molar-refractivity contribution in [3.8, 4) is 5.75 Å². The summed E-state index contributed by atoms with van der Waals surface area (Å²) in [5.74, 6) is 0.511. The highest BCUT2D eigenvalue weighted by molar-refractivity contribution is 7.88. The van der Waals surface area contributed by atoms with E-state index in [4.69, 9.17) is 4.74 Å². The van der Waals surface area contributed by atoms with Crippen LogP contribution in [-0.4, -0.2) is 39.8 Å². The van der Waals surface area contributed by atoms with Crippen LogP contribution in [0, 0.1) is 0 Å². The van der Waals surface area contributed by atoms with E-state index in [1.54, 1.807) is 6.92 Å². The largest absolute Gasteiger partial charge is 0.481 e. The Morgan fingerprint density at radius 3 is 2.74 bits per heavy atom. The Hall–Kier alpha value is -1.60. The van der Waals surface area contributed by atoms with Crippen molar-refractivity contribution in [2.45, 2.75) is 38.7 Å². The number of aryl methyl sites for hydroxylation is 2. The highest BCUT2D eigenvalue weighted by Gasteiger charge is 2.16. The van der Waals surface area contributed by atoms with Gasteiger partial charge in [-0.3, -0.25) is 4.79 Å². The topological polar surface area (TPSA) is 84.5 Å². The molecule has 23 heavy (non-hydrogen) atoms. The third kappa shape index (κ3) is 5.84. The Morgan fingerprint density at radius 2 is 2.00 bits per heavy atom. The van der Waals surface area contributed by atoms with Crippen molar-refractivity contribution in [2.24, 2.45) is 0 Å². The van der Waals surface area contributed by atoms with Crippen molar-refractivity contribution in [2.75, 3.05) is 19.3 Å². The van der Waals surface area contributed by atoms with Crippen molar-refractivity contribution in [3.63, 3.8) is 0 Å². The molecule has 128 valence electrons. The lowest BCUT2D eigenvalue weighted by Gasteiger charge is -2.15. The summed E-state index contributed by atoms with van der Waals surface area (Å²) in [6, 6.07) is 5.99. The number of carbonyl (C=O) groups excluding carboxylic acids is 1. The monoisotopic (exact) mass is 340 g/mol.